The van der Waals surface area contributed by atoms with E-state index in [0.29, 0.717) is 55.5 Å². The highest BCUT2D eigenvalue weighted by Gasteiger charge is 2.36. The number of nitrogens with zero attached hydrogens (tertiary/aromatic N) is 4. The van der Waals surface area contributed by atoms with Crippen molar-refractivity contribution < 1.29 is 23.8 Å². The molecule has 0 radical (unpaired) electrons. The quantitative estimate of drug-likeness (QED) is 0.388. The van der Waals surface area contributed by atoms with Crippen LogP contribution in [0.15, 0.2) is 70.3 Å². The summed E-state index contributed by atoms with van der Waals surface area (Å²) in [6.45, 7) is 3.21. The van der Waals surface area contributed by atoms with E-state index in [1.807, 2.05) is 54.6 Å². The van der Waals surface area contributed by atoms with Crippen molar-refractivity contribution in [2.24, 2.45) is 10.1 Å². The van der Waals surface area contributed by atoms with Crippen molar-refractivity contribution in [1.82, 2.24) is 9.91 Å². The SMILES string of the molecule is N=C1C(=Cc2ccc(OCCCOc3ccccc3)cc2)C(=O)N=C2SC(CC(=O)N3CCOCC3)=NN12. The van der Waals surface area contributed by atoms with E-state index < -0.39 is 5.91 Å². The van der Waals surface area contributed by atoms with Crippen LogP contribution in [0.5, 0.6) is 11.5 Å². The summed E-state index contributed by atoms with van der Waals surface area (Å²) in [5.74, 6) is 0.899. The molecule has 0 bridgehead atoms. The van der Waals surface area contributed by atoms with Crippen LogP contribution in [0.1, 0.15) is 18.4 Å². The summed E-state index contributed by atoms with van der Waals surface area (Å²) < 4.78 is 16.7. The van der Waals surface area contributed by atoms with Crippen molar-refractivity contribution in [3.05, 3.63) is 65.7 Å². The minimum absolute atomic E-state index is 0.0559. The zero-order chi connectivity index (χ0) is 26.3. The highest BCUT2D eigenvalue weighted by Crippen LogP contribution is 2.30. The van der Waals surface area contributed by atoms with Gasteiger partial charge in [0.1, 0.15) is 16.5 Å². The molecule has 196 valence electrons. The smallest absolute Gasteiger partial charge is 0.283 e. The number of rotatable bonds is 9. The number of hydrogen-bond donors (Lipinski definition) is 1. The van der Waals surface area contributed by atoms with Gasteiger partial charge in [0.25, 0.3) is 5.91 Å². The van der Waals surface area contributed by atoms with Crippen molar-refractivity contribution in [2.45, 2.75) is 12.8 Å². The maximum absolute atomic E-state index is 12.7. The molecule has 0 unspecified atom stereocenters. The Hall–Kier alpha value is -3.96. The summed E-state index contributed by atoms with van der Waals surface area (Å²) in [5.41, 5.74) is 0.862. The zero-order valence-corrected chi connectivity index (χ0v) is 21.5. The number of benzene rings is 2. The molecule has 5 rings (SSSR count). The second-order valence-electron chi connectivity index (χ2n) is 8.62. The number of carbonyl (C=O) groups is 2. The van der Waals surface area contributed by atoms with Crippen molar-refractivity contribution in [3.63, 3.8) is 0 Å². The predicted molar refractivity (Wildman–Crippen MR) is 146 cm³/mol. The number of amidine groups is 2. The molecule has 3 aliphatic heterocycles. The molecular weight excluding hydrogens is 506 g/mol. The molecule has 0 saturated carbocycles. The summed E-state index contributed by atoms with van der Waals surface area (Å²) in [5, 5.41) is 15.1. The van der Waals surface area contributed by atoms with E-state index in [9.17, 15) is 9.59 Å². The fourth-order valence-electron chi connectivity index (χ4n) is 3.94. The lowest BCUT2D eigenvalue weighted by molar-refractivity contribution is -0.133. The molecule has 0 spiro atoms. The molecule has 11 heteroatoms. The third kappa shape index (κ3) is 6.29. The first kappa shape index (κ1) is 25.7. The minimum atomic E-state index is -0.511. The number of hydrazone groups is 1. The highest BCUT2D eigenvalue weighted by molar-refractivity contribution is 8.27. The maximum Gasteiger partial charge on any atom is 0.283 e. The molecular formula is C27H27N5O5S. The summed E-state index contributed by atoms with van der Waals surface area (Å²) in [4.78, 5) is 31.1. The zero-order valence-electron chi connectivity index (χ0n) is 20.7. The number of ether oxygens (including phenoxy) is 3. The Balaban J connectivity index is 1.15. The van der Waals surface area contributed by atoms with Gasteiger partial charge in [-0.05, 0) is 47.7 Å². The summed E-state index contributed by atoms with van der Waals surface area (Å²) >= 11 is 1.15. The summed E-state index contributed by atoms with van der Waals surface area (Å²) in [6.07, 6.45) is 2.45. The summed E-state index contributed by atoms with van der Waals surface area (Å²) in [7, 11) is 0. The third-order valence-electron chi connectivity index (χ3n) is 5.92. The first-order chi connectivity index (χ1) is 18.6. The van der Waals surface area contributed by atoms with Crippen molar-refractivity contribution in [3.8, 4) is 11.5 Å². The van der Waals surface area contributed by atoms with Crippen LogP contribution in [-0.4, -0.2) is 77.3 Å². The number of nitrogens with one attached hydrogen (secondary N) is 1. The molecule has 1 fully saturated rings. The molecule has 1 N–H and O–H groups in total. The average Bonchev–Trinajstić information content (AvgIpc) is 3.35. The van der Waals surface area contributed by atoms with Crippen molar-refractivity contribution in [2.75, 3.05) is 39.5 Å². The van der Waals surface area contributed by atoms with Gasteiger partial charge >= 0.3 is 0 Å². The number of para-hydroxylation sites is 1. The standard InChI is InChI=1S/C27H27N5O5S/c28-25-22(17-19-7-9-21(10-8-19)37-14-4-13-36-20-5-2-1-3-6-20)26(34)29-27-32(25)30-23(38-27)18-24(33)31-11-15-35-16-12-31/h1-3,5-10,17,28H,4,11-16,18H2. The Labute approximate surface area is 224 Å². The van der Waals surface area contributed by atoms with Crippen LogP contribution in [0, 0.1) is 5.41 Å². The molecule has 2 aromatic rings. The van der Waals surface area contributed by atoms with Crippen LogP contribution < -0.4 is 9.47 Å². The van der Waals surface area contributed by atoms with E-state index in [4.69, 9.17) is 19.6 Å². The van der Waals surface area contributed by atoms with Gasteiger partial charge in [0.2, 0.25) is 11.1 Å². The van der Waals surface area contributed by atoms with Crippen LogP contribution in [0.2, 0.25) is 0 Å². The predicted octanol–water partition coefficient (Wildman–Crippen LogP) is 3.40. The number of carbonyl (C=O) groups excluding carboxylic acids is 2. The number of aliphatic imine (C=N–C) groups is 1. The van der Waals surface area contributed by atoms with Crippen molar-refractivity contribution >= 4 is 45.7 Å². The molecule has 2 amide bonds. The van der Waals surface area contributed by atoms with Crippen LogP contribution >= 0.6 is 11.8 Å². The van der Waals surface area contributed by atoms with Gasteiger partial charge in [-0.25, -0.2) is 0 Å². The van der Waals surface area contributed by atoms with Crippen molar-refractivity contribution in [1.29, 1.82) is 5.41 Å². The molecule has 0 aliphatic carbocycles. The number of fused-ring (bicyclic) bond motifs is 1. The van der Waals surface area contributed by atoms with Crippen LogP contribution in [0.25, 0.3) is 6.08 Å². The largest absolute Gasteiger partial charge is 0.493 e. The fraction of sp³-hybridized carbons (Fsp3) is 0.296. The lowest BCUT2D eigenvalue weighted by Gasteiger charge is -2.26. The van der Waals surface area contributed by atoms with Gasteiger partial charge in [0, 0.05) is 19.5 Å². The van der Waals surface area contributed by atoms with Gasteiger partial charge in [-0.15, -0.1) is 0 Å². The molecule has 0 atom stereocenters. The minimum Gasteiger partial charge on any atom is -0.493 e. The average molecular weight is 534 g/mol. The van der Waals surface area contributed by atoms with E-state index in [1.54, 1.807) is 11.0 Å². The second-order valence-corrected chi connectivity index (χ2v) is 9.66. The summed E-state index contributed by atoms with van der Waals surface area (Å²) in [6, 6.07) is 16.9. The normalized spacial score (nSPS) is 18.3. The first-order valence-electron chi connectivity index (χ1n) is 12.3. The van der Waals surface area contributed by atoms with Gasteiger partial charge in [-0.3, -0.25) is 15.0 Å². The number of thioether (sulfide) groups is 1. The molecule has 38 heavy (non-hydrogen) atoms. The molecule has 3 aliphatic rings. The van der Waals surface area contributed by atoms with Crippen LogP contribution in [-0.2, 0) is 14.3 Å². The monoisotopic (exact) mass is 533 g/mol. The van der Waals surface area contributed by atoms with Crippen LogP contribution in [0.3, 0.4) is 0 Å². The Morgan fingerprint density at radius 2 is 1.71 bits per heavy atom. The van der Waals surface area contributed by atoms with E-state index in [0.717, 1.165) is 29.5 Å². The molecule has 1 saturated heterocycles. The number of hydrogen-bond acceptors (Lipinski definition) is 8. The Morgan fingerprint density at radius 1 is 1.03 bits per heavy atom. The lowest BCUT2D eigenvalue weighted by Crippen LogP contribution is -2.41. The highest BCUT2D eigenvalue weighted by atomic mass is 32.2. The van der Waals surface area contributed by atoms with Gasteiger partial charge in [-0.1, -0.05) is 30.3 Å². The van der Waals surface area contributed by atoms with Gasteiger partial charge in [0.15, 0.2) is 5.84 Å². The Morgan fingerprint density at radius 3 is 2.42 bits per heavy atom. The fourth-order valence-corrected chi connectivity index (χ4v) is 4.82. The van der Waals surface area contributed by atoms with Crippen LogP contribution in [0.4, 0.5) is 0 Å². The maximum atomic E-state index is 12.7. The number of amides is 2. The Bertz CT molecular complexity index is 1290. The Kier molecular flexibility index (Phi) is 8.15. The van der Waals surface area contributed by atoms with Gasteiger partial charge < -0.3 is 19.1 Å². The molecule has 0 aromatic heterocycles. The van der Waals surface area contributed by atoms with E-state index in [1.165, 1.54) is 5.01 Å². The molecule has 3 heterocycles. The lowest BCUT2D eigenvalue weighted by atomic mass is 10.1. The van der Waals surface area contributed by atoms with Gasteiger partial charge in [0.05, 0.1) is 38.4 Å². The second kappa shape index (κ2) is 12.1. The van der Waals surface area contributed by atoms with E-state index in [-0.39, 0.29) is 23.7 Å². The first-order valence-corrected chi connectivity index (χ1v) is 13.1. The molecule has 2 aromatic carbocycles. The third-order valence-corrected chi connectivity index (χ3v) is 6.83. The van der Waals surface area contributed by atoms with E-state index >= 15 is 0 Å². The van der Waals surface area contributed by atoms with E-state index in [2.05, 4.69) is 10.1 Å². The van der Waals surface area contributed by atoms with Gasteiger partial charge in [-0.2, -0.15) is 15.1 Å². The topological polar surface area (TPSA) is 117 Å². The number of morpholine rings is 1. The molecule has 10 nitrogen and oxygen atoms in total.